The van der Waals surface area contributed by atoms with E-state index in [1.165, 1.54) is 0 Å². The molecule has 0 saturated heterocycles. The molecular weight excluding hydrogens is 1170 g/mol. The number of hydrogen-bond donors (Lipinski definition) is 0. The van der Waals surface area contributed by atoms with Crippen molar-refractivity contribution in [1.29, 1.82) is 0 Å². The van der Waals surface area contributed by atoms with Crippen LogP contribution in [0.15, 0.2) is 261 Å². The first kappa shape index (κ1) is 50.5. The summed E-state index contributed by atoms with van der Waals surface area (Å²) in [6.07, 6.45) is 0. The second-order valence-corrected chi connectivity index (χ2v) is 34.7. The molecule has 0 fully saturated rings. The molecule has 14 aromatic rings. The van der Waals surface area contributed by atoms with Crippen LogP contribution >= 0.6 is 18.1 Å². The molecule has 0 aliphatic carbocycles. The average molecular weight is 1220 g/mol. The first-order valence-corrected chi connectivity index (χ1v) is 36.7. The fourth-order valence-electron chi connectivity index (χ4n) is 13.4. The van der Waals surface area contributed by atoms with E-state index in [0.29, 0.717) is 0 Å². The molecule has 408 valence electrons. The Morgan fingerprint density at radius 1 is 0.198 bits per heavy atom. The van der Waals surface area contributed by atoms with Crippen molar-refractivity contribution in [3.8, 4) is 69.0 Å². The highest BCUT2D eigenvalue weighted by Crippen LogP contribution is 2.64. The molecule has 0 spiro atoms. The minimum Gasteiger partial charge on any atom is -0.456 e. The Balaban J connectivity index is 0.0000000977. The summed E-state index contributed by atoms with van der Waals surface area (Å²) >= 11 is 19.7. The van der Waals surface area contributed by atoms with Crippen molar-refractivity contribution in [2.24, 2.45) is 0 Å². The first-order chi connectivity index (χ1) is 42.3. The molecule has 3 atom stereocenters. The zero-order valence-corrected chi connectivity index (χ0v) is 50.5. The van der Waals surface area contributed by atoms with Crippen molar-refractivity contribution in [3.05, 3.63) is 261 Å². The van der Waals surface area contributed by atoms with Gasteiger partial charge in [-0.3, -0.25) is 0 Å². The minimum absolute atomic E-state index is 0.824. The summed E-state index contributed by atoms with van der Waals surface area (Å²) in [5, 5.41) is 20.8. The van der Waals surface area contributed by atoms with Crippen molar-refractivity contribution < 1.29 is 28.4 Å². The number of fused-ring (bicyclic) bond motifs is 22. The van der Waals surface area contributed by atoms with Crippen molar-refractivity contribution in [2.45, 2.75) is 0 Å². The lowest BCUT2D eigenvalue weighted by atomic mass is 10.1. The third kappa shape index (κ3) is 7.04. The third-order valence-corrected chi connectivity index (χ3v) is 31.9. The van der Waals surface area contributed by atoms with Crippen molar-refractivity contribution >= 4 is 155 Å². The van der Waals surface area contributed by atoms with Gasteiger partial charge in [-0.2, -0.15) is 0 Å². The third-order valence-electron chi connectivity index (χ3n) is 17.3. The van der Waals surface area contributed by atoms with Gasteiger partial charge < -0.3 is 28.4 Å². The standard InChI is InChI=1S/2C26H15O2PS.C22H13O2PS/c30-29-22-12-6-5-11-20(22)27-25-19-10-4-2-8-17(19)15-21(26(25)29)28-24-18-9-3-1-7-16(18)13-14-23(24)29;30-29-22-12-6-5-11-20(22)27-21-15-17-8-2-4-10-19(17)25(26(21)29)28-24-18-9-3-1-7-16(18)13-14-23(24)29;26-25-19-11-5-3-9-16(19)23-18-13-14-7-1-2-8-15(14)21(22(18)25)24-17-10-4-6-12-20(17)25/h2*1-15H;1-13H. The lowest BCUT2D eigenvalue weighted by Gasteiger charge is -2.38. The molecule has 0 radical (unpaired) electrons. The highest BCUT2D eigenvalue weighted by Gasteiger charge is 2.47. The molecular formula is C74H43O6P3S3. The van der Waals surface area contributed by atoms with Gasteiger partial charge in [0.2, 0.25) is 0 Å². The number of ether oxygens (including phenoxy) is 6. The van der Waals surface area contributed by atoms with Gasteiger partial charge in [0.25, 0.3) is 0 Å². The zero-order valence-electron chi connectivity index (χ0n) is 45.3. The normalized spacial score (nSPS) is 18.4. The van der Waals surface area contributed by atoms with Crippen LogP contribution in [0.4, 0.5) is 0 Å². The molecule has 6 aliphatic heterocycles. The summed E-state index contributed by atoms with van der Waals surface area (Å²) < 4.78 is 38.9. The minimum atomic E-state index is -2.34. The van der Waals surface area contributed by atoms with E-state index in [9.17, 15) is 0 Å². The Morgan fingerprint density at radius 3 is 0.837 bits per heavy atom. The van der Waals surface area contributed by atoms with Crippen molar-refractivity contribution in [1.82, 2.24) is 0 Å². The van der Waals surface area contributed by atoms with Crippen LogP contribution in [0.25, 0.3) is 53.9 Å². The van der Waals surface area contributed by atoms with Crippen LogP contribution in [0.5, 0.6) is 69.0 Å². The Morgan fingerprint density at radius 2 is 0.453 bits per heavy atom. The van der Waals surface area contributed by atoms with Crippen LogP contribution in [0.2, 0.25) is 0 Å². The SMILES string of the molecule is S=P12c3ccccc3Oc3c1c(cc1ccccc31)Oc1c2ccc2ccccc12.S=P12c3ccccc3Oc3cc4ccccc4c(c31)Oc1c2ccc2ccccc12.S=P12c3ccccc3Oc3cc4ccccc4c(c31)Oc1ccccc12. The highest BCUT2D eigenvalue weighted by molar-refractivity contribution is 8.27. The molecule has 3 unspecified atom stereocenters. The highest BCUT2D eigenvalue weighted by atomic mass is 32.4. The number of rotatable bonds is 0. The summed E-state index contributed by atoms with van der Waals surface area (Å²) in [4.78, 5) is 0. The maximum absolute atomic E-state index is 6.71. The van der Waals surface area contributed by atoms with E-state index < -0.39 is 18.1 Å². The maximum atomic E-state index is 6.71. The Kier molecular flexibility index (Phi) is 11.0. The topological polar surface area (TPSA) is 55.4 Å². The summed E-state index contributed by atoms with van der Waals surface area (Å²) in [6.45, 7) is 0. The second kappa shape index (κ2) is 18.8. The summed E-state index contributed by atoms with van der Waals surface area (Å²) in [7, 11) is 0. The van der Waals surface area contributed by atoms with E-state index in [0.717, 1.165) is 171 Å². The summed E-state index contributed by atoms with van der Waals surface area (Å²) in [6, 6.07) is 82.4. The Labute approximate surface area is 509 Å². The van der Waals surface area contributed by atoms with E-state index in [2.05, 4.69) is 164 Å². The van der Waals surface area contributed by atoms with Gasteiger partial charge >= 0.3 is 0 Å². The molecule has 20 rings (SSSR count). The molecule has 86 heavy (non-hydrogen) atoms. The predicted octanol–water partition coefficient (Wildman–Crippen LogP) is 16.7. The summed E-state index contributed by atoms with van der Waals surface area (Å²) in [5.41, 5.74) is 0. The second-order valence-electron chi connectivity index (χ2n) is 21.9. The maximum Gasteiger partial charge on any atom is 0.148 e. The number of benzene rings is 14. The van der Waals surface area contributed by atoms with Crippen LogP contribution in [0.3, 0.4) is 0 Å². The van der Waals surface area contributed by atoms with E-state index in [-0.39, 0.29) is 0 Å². The molecule has 6 aliphatic rings. The fraction of sp³-hybridized carbons (Fsp3) is 0. The largest absolute Gasteiger partial charge is 0.456 e. The van der Waals surface area contributed by atoms with Crippen LogP contribution in [0.1, 0.15) is 0 Å². The quantitative estimate of drug-likeness (QED) is 0.138. The molecule has 6 nitrogen and oxygen atoms in total. The van der Waals surface area contributed by atoms with E-state index in [4.69, 9.17) is 63.8 Å². The molecule has 0 amide bonds. The van der Waals surface area contributed by atoms with Gasteiger partial charge in [-0.25, -0.2) is 0 Å². The van der Waals surface area contributed by atoms with Gasteiger partial charge in [-0.15, -0.1) is 0 Å². The molecule has 0 N–H and O–H groups in total. The van der Waals surface area contributed by atoms with Gasteiger partial charge in [-0.1, -0.05) is 217 Å². The molecule has 6 heterocycles. The Bertz CT molecular complexity index is 5470. The van der Waals surface area contributed by atoms with Gasteiger partial charge in [0.1, 0.15) is 69.0 Å². The molecule has 0 aromatic heterocycles. The van der Waals surface area contributed by atoms with Gasteiger partial charge in [0, 0.05) is 58.8 Å². The first-order valence-electron chi connectivity index (χ1n) is 28.3. The smallest absolute Gasteiger partial charge is 0.148 e. The molecule has 14 aromatic carbocycles. The van der Waals surface area contributed by atoms with Crippen molar-refractivity contribution in [2.75, 3.05) is 0 Å². The Hall–Kier alpha value is -8.87. The lowest BCUT2D eigenvalue weighted by molar-refractivity contribution is 0.470. The van der Waals surface area contributed by atoms with E-state index in [1.54, 1.807) is 0 Å². The van der Waals surface area contributed by atoms with Gasteiger partial charge in [0.15, 0.2) is 0 Å². The monoisotopic (exact) mass is 1220 g/mol. The van der Waals surface area contributed by atoms with Crippen LogP contribution in [-0.4, -0.2) is 0 Å². The fourth-order valence-corrected chi connectivity index (χ4v) is 26.9. The lowest BCUT2D eigenvalue weighted by Crippen LogP contribution is -2.35. The van der Waals surface area contributed by atoms with E-state index in [1.807, 2.05) is 97.1 Å². The van der Waals surface area contributed by atoms with Crippen LogP contribution < -0.4 is 76.2 Å². The van der Waals surface area contributed by atoms with Crippen molar-refractivity contribution in [3.63, 3.8) is 0 Å². The van der Waals surface area contributed by atoms with Crippen LogP contribution in [-0.2, 0) is 35.4 Å². The zero-order chi connectivity index (χ0) is 57.0. The van der Waals surface area contributed by atoms with E-state index >= 15 is 0 Å². The summed E-state index contributed by atoms with van der Waals surface area (Å²) in [5.74, 6) is 10.3. The number of hydrogen-bond acceptors (Lipinski definition) is 9. The molecule has 0 saturated carbocycles. The molecule has 0 bridgehead atoms. The average Bonchev–Trinajstić information content (AvgIpc) is 0.731. The van der Waals surface area contributed by atoms with Gasteiger partial charge in [0.05, 0.1) is 34.0 Å². The predicted molar refractivity (Wildman–Crippen MR) is 366 cm³/mol. The molecule has 12 heteroatoms. The van der Waals surface area contributed by atoms with Gasteiger partial charge in [-0.05, 0) is 106 Å². The van der Waals surface area contributed by atoms with Crippen LogP contribution in [0, 0.1) is 0 Å². The number of para-hydroxylation sites is 4.